The number of hydrogen-bond acceptors (Lipinski definition) is 4. The Bertz CT molecular complexity index is 450. The number of aliphatic carboxylic acids is 1. The Labute approximate surface area is 112 Å². The van der Waals surface area contributed by atoms with Crippen LogP contribution < -0.4 is 10.5 Å². The Kier molecular flexibility index (Phi) is 5.12. The number of likely N-dealkylation sites (tertiary alicyclic amines) is 1. The van der Waals surface area contributed by atoms with Gasteiger partial charge >= 0.3 is 12.0 Å². The molecule has 1 rings (SSSR count). The number of primary sulfonamides is 1. The van der Waals surface area contributed by atoms with E-state index in [1.165, 1.54) is 4.90 Å². The first kappa shape index (κ1) is 15.7. The summed E-state index contributed by atoms with van der Waals surface area (Å²) < 4.78 is 21.4. The Balaban J connectivity index is 2.34. The fraction of sp³-hybridized carbons (Fsp3) is 0.800. The fourth-order valence-corrected chi connectivity index (χ4v) is 2.58. The van der Waals surface area contributed by atoms with Gasteiger partial charge in [0.1, 0.15) is 0 Å². The van der Waals surface area contributed by atoms with Crippen molar-refractivity contribution < 1.29 is 23.1 Å². The molecule has 1 heterocycles. The quantitative estimate of drug-likeness (QED) is 0.561. The summed E-state index contributed by atoms with van der Waals surface area (Å²) in [5.74, 6) is -1.73. The molecule has 1 fully saturated rings. The van der Waals surface area contributed by atoms with Crippen molar-refractivity contribution in [2.24, 2.45) is 17.0 Å². The molecule has 0 unspecified atom stereocenters. The maximum absolute atomic E-state index is 11.7. The highest BCUT2D eigenvalue weighted by Crippen LogP contribution is 2.22. The van der Waals surface area contributed by atoms with E-state index < -0.39 is 21.9 Å². The molecule has 1 aliphatic rings. The highest BCUT2D eigenvalue weighted by Gasteiger charge is 2.36. The maximum Gasteiger partial charge on any atom is 0.317 e. The van der Waals surface area contributed by atoms with Gasteiger partial charge in [-0.3, -0.25) is 4.79 Å². The average Bonchev–Trinajstić information content (AvgIpc) is 2.65. The zero-order chi connectivity index (χ0) is 14.6. The van der Waals surface area contributed by atoms with Crippen LogP contribution in [0.1, 0.15) is 13.3 Å². The van der Waals surface area contributed by atoms with E-state index in [1.54, 1.807) is 6.92 Å². The number of sulfonamides is 1. The van der Waals surface area contributed by atoms with Crippen molar-refractivity contribution in [2.75, 3.05) is 25.4 Å². The first-order valence-electron chi connectivity index (χ1n) is 5.97. The minimum atomic E-state index is -3.51. The molecular weight excluding hydrogens is 274 g/mol. The molecule has 0 bridgehead atoms. The second-order valence-corrected chi connectivity index (χ2v) is 6.51. The van der Waals surface area contributed by atoms with Gasteiger partial charge < -0.3 is 15.3 Å². The summed E-state index contributed by atoms with van der Waals surface area (Å²) in [5.41, 5.74) is 0. The second-order valence-electron chi connectivity index (χ2n) is 4.78. The van der Waals surface area contributed by atoms with Crippen LogP contribution in [0.25, 0.3) is 0 Å². The van der Waals surface area contributed by atoms with E-state index in [0.29, 0.717) is 6.54 Å². The predicted octanol–water partition coefficient (Wildman–Crippen LogP) is -0.973. The normalized spacial score (nSPS) is 23.4. The highest BCUT2D eigenvalue weighted by molar-refractivity contribution is 7.89. The number of carboxylic acid groups (broad SMARTS) is 1. The van der Waals surface area contributed by atoms with Crippen LogP contribution in [0.15, 0.2) is 0 Å². The van der Waals surface area contributed by atoms with Gasteiger partial charge in [0, 0.05) is 19.6 Å². The zero-order valence-corrected chi connectivity index (χ0v) is 11.5. The first-order valence-corrected chi connectivity index (χ1v) is 7.68. The Hall–Kier alpha value is -1.35. The van der Waals surface area contributed by atoms with Crippen molar-refractivity contribution in [1.82, 2.24) is 10.2 Å². The summed E-state index contributed by atoms with van der Waals surface area (Å²) in [6.07, 6.45) is 0.232. The number of amides is 2. The first-order chi connectivity index (χ1) is 8.70. The maximum atomic E-state index is 11.7. The molecule has 19 heavy (non-hydrogen) atoms. The lowest BCUT2D eigenvalue weighted by molar-refractivity contribution is -0.142. The van der Waals surface area contributed by atoms with Crippen molar-refractivity contribution in [3.8, 4) is 0 Å². The molecule has 1 aliphatic heterocycles. The van der Waals surface area contributed by atoms with Crippen LogP contribution in [0.4, 0.5) is 4.79 Å². The number of carbonyl (C=O) groups is 2. The number of rotatable bonds is 5. The third-order valence-corrected chi connectivity index (χ3v) is 3.96. The summed E-state index contributed by atoms with van der Waals surface area (Å²) in [6, 6.07) is -0.370. The summed E-state index contributed by atoms with van der Waals surface area (Å²) in [4.78, 5) is 24.1. The molecule has 0 radical (unpaired) electrons. The molecule has 0 aliphatic carbocycles. The van der Waals surface area contributed by atoms with Gasteiger partial charge in [-0.1, -0.05) is 6.92 Å². The minimum absolute atomic E-state index is 0.0901. The second kappa shape index (κ2) is 6.20. The van der Waals surface area contributed by atoms with Crippen molar-refractivity contribution in [2.45, 2.75) is 13.3 Å². The summed E-state index contributed by atoms with van der Waals surface area (Å²) in [6.45, 7) is 2.54. The van der Waals surface area contributed by atoms with E-state index >= 15 is 0 Å². The van der Waals surface area contributed by atoms with E-state index in [1.807, 2.05) is 0 Å². The molecule has 0 aromatic heterocycles. The van der Waals surface area contributed by atoms with Gasteiger partial charge in [0.05, 0.1) is 11.7 Å². The van der Waals surface area contributed by atoms with Crippen LogP contribution in [-0.2, 0) is 14.8 Å². The van der Waals surface area contributed by atoms with Crippen LogP contribution >= 0.6 is 0 Å². The summed E-state index contributed by atoms with van der Waals surface area (Å²) in [5, 5.41) is 16.3. The largest absolute Gasteiger partial charge is 0.481 e. The van der Waals surface area contributed by atoms with Crippen molar-refractivity contribution in [3.05, 3.63) is 0 Å². The van der Waals surface area contributed by atoms with Crippen molar-refractivity contribution in [3.63, 3.8) is 0 Å². The number of carboxylic acids is 1. The molecule has 0 saturated carbocycles. The van der Waals surface area contributed by atoms with Crippen LogP contribution in [0.2, 0.25) is 0 Å². The molecular formula is C10H19N3O5S. The third kappa shape index (κ3) is 5.03. The lowest BCUT2D eigenvalue weighted by Crippen LogP contribution is -2.39. The molecule has 2 amide bonds. The Morgan fingerprint density at radius 1 is 1.42 bits per heavy atom. The molecule has 4 N–H and O–H groups in total. The number of nitrogens with one attached hydrogen (secondary N) is 1. The van der Waals surface area contributed by atoms with E-state index in [9.17, 15) is 18.0 Å². The predicted molar refractivity (Wildman–Crippen MR) is 67.9 cm³/mol. The van der Waals surface area contributed by atoms with Crippen LogP contribution in [0.5, 0.6) is 0 Å². The smallest absolute Gasteiger partial charge is 0.317 e. The van der Waals surface area contributed by atoms with Gasteiger partial charge in [0.15, 0.2) is 0 Å². The molecule has 8 nitrogen and oxygen atoms in total. The lowest BCUT2D eigenvalue weighted by Gasteiger charge is -2.16. The van der Waals surface area contributed by atoms with Crippen molar-refractivity contribution in [1.29, 1.82) is 0 Å². The number of nitrogens with two attached hydrogens (primary N) is 1. The molecule has 9 heteroatoms. The lowest BCUT2D eigenvalue weighted by atomic mass is 9.99. The average molecular weight is 293 g/mol. The number of urea groups is 1. The van der Waals surface area contributed by atoms with E-state index in [4.69, 9.17) is 10.2 Å². The van der Waals surface area contributed by atoms with Crippen molar-refractivity contribution >= 4 is 22.0 Å². The van der Waals surface area contributed by atoms with Gasteiger partial charge in [-0.2, -0.15) is 0 Å². The highest BCUT2D eigenvalue weighted by atomic mass is 32.2. The van der Waals surface area contributed by atoms with Crippen LogP contribution in [-0.4, -0.2) is 55.8 Å². The van der Waals surface area contributed by atoms with Gasteiger partial charge in [-0.25, -0.2) is 18.4 Å². The Morgan fingerprint density at radius 2 is 2.05 bits per heavy atom. The molecule has 0 aromatic rings. The van der Waals surface area contributed by atoms with Crippen LogP contribution in [0.3, 0.4) is 0 Å². The summed E-state index contributed by atoms with van der Waals surface area (Å²) in [7, 11) is -3.51. The SMILES string of the molecule is C[C@@H]1CN(C(=O)NCCCS(N)(=O)=O)C[C@H]1C(=O)O. The van der Waals surface area contributed by atoms with Crippen LogP contribution in [0, 0.1) is 11.8 Å². The molecule has 1 saturated heterocycles. The molecule has 0 aromatic carbocycles. The Morgan fingerprint density at radius 3 is 2.53 bits per heavy atom. The fourth-order valence-electron chi connectivity index (χ4n) is 2.03. The molecule has 2 atom stereocenters. The standard InChI is InChI=1S/C10H19N3O5S/c1-7-5-13(6-8(7)9(14)15)10(16)12-3-2-4-19(11,17)18/h7-8H,2-6H2,1H3,(H,12,16)(H,14,15)(H2,11,17,18)/t7-,8-/m1/s1. The molecule has 0 spiro atoms. The zero-order valence-electron chi connectivity index (χ0n) is 10.7. The molecule has 110 valence electrons. The number of carbonyl (C=O) groups excluding carboxylic acids is 1. The topological polar surface area (TPSA) is 130 Å². The van der Waals surface area contributed by atoms with E-state index in [2.05, 4.69) is 5.32 Å². The number of hydrogen-bond donors (Lipinski definition) is 3. The van der Waals surface area contributed by atoms with Gasteiger partial charge in [-0.15, -0.1) is 0 Å². The van der Waals surface area contributed by atoms with Gasteiger partial charge in [0.25, 0.3) is 0 Å². The summed E-state index contributed by atoms with van der Waals surface area (Å²) >= 11 is 0. The monoisotopic (exact) mass is 293 g/mol. The third-order valence-electron chi connectivity index (χ3n) is 3.10. The minimum Gasteiger partial charge on any atom is -0.481 e. The van der Waals surface area contributed by atoms with Gasteiger partial charge in [-0.05, 0) is 12.3 Å². The van der Waals surface area contributed by atoms with Gasteiger partial charge in [0.2, 0.25) is 10.0 Å². The number of nitrogens with zero attached hydrogens (tertiary/aromatic N) is 1. The van der Waals surface area contributed by atoms with E-state index in [0.717, 1.165) is 0 Å². The van der Waals surface area contributed by atoms with E-state index in [-0.39, 0.29) is 37.2 Å².